The molecule has 0 saturated carbocycles. The van der Waals surface area contributed by atoms with Crippen molar-refractivity contribution in [3.8, 4) is 11.1 Å². The van der Waals surface area contributed by atoms with E-state index in [0.717, 1.165) is 0 Å². The number of hydrogen-bond donors (Lipinski definition) is 0. The van der Waals surface area contributed by atoms with Crippen molar-refractivity contribution in [3.63, 3.8) is 0 Å². The van der Waals surface area contributed by atoms with E-state index >= 15 is 0 Å². The quantitative estimate of drug-likeness (QED) is 0.142. The summed E-state index contributed by atoms with van der Waals surface area (Å²) in [5.74, 6) is 0. The molecule has 8 aromatic rings. The Morgan fingerprint density at radius 2 is 0.867 bits per heavy atom. The van der Waals surface area contributed by atoms with Gasteiger partial charge in [-0.15, -0.1) is 0 Å². The number of rotatable bonds is 5. The van der Waals surface area contributed by atoms with Gasteiger partial charge < -0.3 is 4.90 Å². The lowest BCUT2D eigenvalue weighted by atomic mass is 9.87. The van der Waals surface area contributed by atoms with Crippen molar-refractivity contribution in [1.82, 2.24) is 0 Å². The molecule has 1 nitrogen and oxygen atoms in total. The first kappa shape index (κ1) is 27.4. The average Bonchev–Trinajstić information content (AvgIpc) is 3.08. The second-order valence-electron chi connectivity index (χ2n) is 13.0. The Balaban J connectivity index is 1.51. The standard InChI is InChI=1S/C43H35NSi/c1-45(2,3)33-28-26-32(27-29-33)44(41-25-13-17-31-15-5-7-19-35(31)41)43-39-22-10-8-20-37(39)42(38-21-9-11-23-40(38)43)36-24-12-16-30-14-4-6-18-34(30)36/h4-29H,1-3H3. The molecule has 216 valence electrons. The predicted octanol–water partition coefficient (Wildman–Crippen LogP) is 12.0. The maximum atomic E-state index is 2.51. The van der Waals surface area contributed by atoms with Gasteiger partial charge in [0.05, 0.1) is 19.4 Å². The lowest BCUT2D eigenvalue weighted by Gasteiger charge is -2.31. The van der Waals surface area contributed by atoms with Crippen molar-refractivity contribution in [3.05, 3.63) is 158 Å². The predicted molar refractivity (Wildman–Crippen MR) is 200 cm³/mol. The summed E-state index contributed by atoms with van der Waals surface area (Å²) in [6, 6.07) is 58.2. The van der Waals surface area contributed by atoms with E-state index in [-0.39, 0.29) is 0 Å². The van der Waals surface area contributed by atoms with Crippen LogP contribution in [0.15, 0.2) is 158 Å². The summed E-state index contributed by atoms with van der Waals surface area (Å²) >= 11 is 0. The van der Waals surface area contributed by atoms with Crippen LogP contribution in [0.5, 0.6) is 0 Å². The van der Waals surface area contributed by atoms with Crippen LogP contribution in [0.1, 0.15) is 0 Å². The molecule has 0 amide bonds. The summed E-state index contributed by atoms with van der Waals surface area (Å²) in [6.07, 6.45) is 0. The lowest BCUT2D eigenvalue weighted by Crippen LogP contribution is -2.37. The largest absolute Gasteiger partial charge is 0.309 e. The SMILES string of the molecule is C[Si](C)(C)c1ccc(N(c2cccc3ccccc23)c2c3ccccc3c(-c3cccc4ccccc34)c3ccccc23)cc1. The Labute approximate surface area is 266 Å². The van der Waals surface area contributed by atoms with Crippen LogP contribution in [0.4, 0.5) is 17.1 Å². The van der Waals surface area contributed by atoms with Crippen molar-refractivity contribution in [2.75, 3.05) is 4.90 Å². The summed E-state index contributed by atoms with van der Waals surface area (Å²) in [4.78, 5) is 2.51. The lowest BCUT2D eigenvalue weighted by molar-refractivity contribution is 1.33. The molecule has 8 aromatic carbocycles. The fourth-order valence-electron chi connectivity index (χ4n) is 6.98. The van der Waals surface area contributed by atoms with Gasteiger partial charge in [0.1, 0.15) is 0 Å². The van der Waals surface area contributed by atoms with E-state index in [1.54, 1.807) is 0 Å². The summed E-state index contributed by atoms with van der Waals surface area (Å²) in [7, 11) is -1.47. The third kappa shape index (κ3) is 4.61. The van der Waals surface area contributed by atoms with Crippen LogP contribution >= 0.6 is 0 Å². The van der Waals surface area contributed by atoms with E-state index < -0.39 is 8.07 Å². The van der Waals surface area contributed by atoms with Crippen LogP contribution < -0.4 is 10.1 Å². The van der Waals surface area contributed by atoms with E-state index in [4.69, 9.17) is 0 Å². The second-order valence-corrected chi connectivity index (χ2v) is 18.0. The summed E-state index contributed by atoms with van der Waals surface area (Å²) in [5, 5.41) is 11.5. The summed E-state index contributed by atoms with van der Waals surface area (Å²) < 4.78 is 0. The van der Waals surface area contributed by atoms with Crippen LogP contribution in [0.3, 0.4) is 0 Å². The molecule has 0 spiro atoms. The Hall–Kier alpha value is -5.18. The van der Waals surface area contributed by atoms with Gasteiger partial charge in [-0.3, -0.25) is 0 Å². The Morgan fingerprint density at radius 1 is 0.400 bits per heavy atom. The van der Waals surface area contributed by atoms with Crippen molar-refractivity contribution in [2.45, 2.75) is 19.6 Å². The van der Waals surface area contributed by atoms with Gasteiger partial charge in [-0.2, -0.15) is 0 Å². The topological polar surface area (TPSA) is 3.24 Å². The average molecular weight is 594 g/mol. The van der Waals surface area contributed by atoms with Crippen LogP contribution in [0.25, 0.3) is 54.2 Å². The Morgan fingerprint density at radius 3 is 1.47 bits per heavy atom. The molecule has 0 heterocycles. The van der Waals surface area contributed by atoms with E-state index in [1.807, 2.05) is 0 Å². The van der Waals surface area contributed by atoms with Gasteiger partial charge >= 0.3 is 0 Å². The van der Waals surface area contributed by atoms with Crippen LogP contribution in [-0.4, -0.2) is 8.07 Å². The zero-order chi connectivity index (χ0) is 30.5. The first-order valence-corrected chi connectivity index (χ1v) is 19.3. The Bertz CT molecular complexity index is 2300. The molecule has 0 aliphatic carbocycles. The molecule has 0 bridgehead atoms. The Kier molecular flexibility index (Phi) is 6.55. The summed E-state index contributed by atoms with van der Waals surface area (Å²) in [6.45, 7) is 7.24. The maximum Gasteiger partial charge on any atom is 0.0775 e. The third-order valence-electron chi connectivity index (χ3n) is 9.18. The molecule has 0 N–H and O–H groups in total. The van der Waals surface area contributed by atoms with Crippen molar-refractivity contribution >= 4 is 73.4 Å². The fourth-order valence-corrected chi connectivity index (χ4v) is 8.15. The monoisotopic (exact) mass is 593 g/mol. The highest BCUT2D eigenvalue weighted by molar-refractivity contribution is 6.88. The maximum absolute atomic E-state index is 2.51. The smallest absolute Gasteiger partial charge is 0.0775 e. The first-order chi connectivity index (χ1) is 22.0. The zero-order valence-corrected chi connectivity index (χ0v) is 27.0. The molecule has 0 unspecified atom stereocenters. The van der Waals surface area contributed by atoms with Crippen molar-refractivity contribution in [1.29, 1.82) is 0 Å². The minimum atomic E-state index is -1.47. The molecule has 0 aromatic heterocycles. The van der Waals surface area contributed by atoms with Gasteiger partial charge in [-0.1, -0.05) is 164 Å². The van der Waals surface area contributed by atoms with Gasteiger partial charge in [0.15, 0.2) is 0 Å². The number of benzene rings is 8. The highest BCUT2D eigenvalue weighted by Crippen LogP contribution is 2.49. The van der Waals surface area contributed by atoms with E-state index in [2.05, 4.69) is 182 Å². The fraction of sp³-hybridized carbons (Fsp3) is 0.0698. The minimum absolute atomic E-state index is 1.17. The number of fused-ring (bicyclic) bond motifs is 4. The molecule has 0 saturated heterocycles. The van der Waals surface area contributed by atoms with Crippen LogP contribution in [0.2, 0.25) is 19.6 Å². The normalized spacial score (nSPS) is 11.9. The van der Waals surface area contributed by atoms with E-state index in [9.17, 15) is 0 Å². The van der Waals surface area contributed by atoms with Gasteiger partial charge in [0.2, 0.25) is 0 Å². The highest BCUT2D eigenvalue weighted by atomic mass is 28.3. The third-order valence-corrected chi connectivity index (χ3v) is 11.3. The van der Waals surface area contributed by atoms with E-state index in [0.29, 0.717) is 0 Å². The molecule has 2 heteroatoms. The molecular formula is C43H35NSi. The molecular weight excluding hydrogens is 559 g/mol. The number of nitrogens with zero attached hydrogens (tertiary/aromatic N) is 1. The van der Waals surface area contributed by atoms with E-state index in [1.165, 1.54) is 76.5 Å². The van der Waals surface area contributed by atoms with Gasteiger partial charge in [-0.25, -0.2) is 0 Å². The molecule has 0 fully saturated rings. The van der Waals surface area contributed by atoms with Crippen molar-refractivity contribution in [2.24, 2.45) is 0 Å². The van der Waals surface area contributed by atoms with Crippen LogP contribution in [-0.2, 0) is 0 Å². The number of hydrogen-bond acceptors (Lipinski definition) is 1. The molecule has 8 rings (SSSR count). The van der Waals surface area contributed by atoms with Gasteiger partial charge in [0, 0.05) is 21.8 Å². The molecule has 0 atom stereocenters. The number of anilines is 3. The minimum Gasteiger partial charge on any atom is -0.309 e. The van der Waals surface area contributed by atoms with Gasteiger partial charge in [0.25, 0.3) is 0 Å². The summed E-state index contributed by atoms with van der Waals surface area (Å²) in [5.41, 5.74) is 6.11. The molecule has 0 aliphatic rings. The van der Waals surface area contributed by atoms with Crippen molar-refractivity contribution < 1.29 is 0 Å². The zero-order valence-electron chi connectivity index (χ0n) is 26.0. The first-order valence-electron chi connectivity index (χ1n) is 15.8. The van der Waals surface area contributed by atoms with Gasteiger partial charge in [-0.05, 0) is 56.3 Å². The highest BCUT2D eigenvalue weighted by Gasteiger charge is 2.24. The molecule has 0 aliphatic heterocycles. The second kappa shape index (κ2) is 10.8. The molecule has 0 radical (unpaired) electrons. The van der Waals surface area contributed by atoms with Crippen LogP contribution in [0, 0.1) is 0 Å². The molecule has 45 heavy (non-hydrogen) atoms.